The Hall–Kier alpha value is -5.99. The van der Waals surface area contributed by atoms with Crippen LogP contribution >= 0.6 is 0 Å². The zero-order valence-corrected chi connectivity index (χ0v) is 49.7. The summed E-state index contributed by atoms with van der Waals surface area (Å²) in [6.07, 6.45) is 4.47. The molecular weight excluding hydrogens is 979 g/mol. The number of Topliss-reactive ketones (excluding diaryl/α,β-unsaturated/α-hetero) is 1. The number of hydrogen-bond donors (Lipinski definition) is 2. The van der Waals surface area contributed by atoms with E-state index >= 15 is 0 Å². The van der Waals surface area contributed by atoms with Crippen molar-refractivity contribution < 1.29 is 15.0 Å². The van der Waals surface area contributed by atoms with Crippen LogP contribution in [0.15, 0.2) is 212 Å². The van der Waals surface area contributed by atoms with Crippen molar-refractivity contribution in [2.45, 2.75) is 162 Å². The predicted molar refractivity (Wildman–Crippen MR) is 332 cm³/mol. The fourth-order valence-electron chi connectivity index (χ4n) is 13.3. The van der Waals surface area contributed by atoms with E-state index in [9.17, 15) is 15.0 Å². The molecule has 422 valence electrons. The van der Waals surface area contributed by atoms with Crippen LogP contribution in [-0.4, -0.2) is 79.7 Å². The van der Waals surface area contributed by atoms with Crippen molar-refractivity contribution in [3.63, 3.8) is 0 Å². The van der Waals surface area contributed by atoms with Crippen LogP contribution in [0.1, 0.15) is 152 Å². The van der Waals surface area contributed by atoms with Crippen LogP contribution in [0.4, 0.5) is 0 Å². The Kier molecular flexibility index (Phi) is 20.1. The highest BCUT2D eigenvalue weighted by molar-refractivity contribution is 5.80. The third kappa shape index (κ3) is 15.9. The highest BCUT2D eigenvalue weighted by atomic mass is 16.3. The lowest BCUT2D eigenvalue weighted by atomic mass is 9.66. The molecule has 6 nitrogen and oxygen atoms in total. The molecule has 80 heavy (non-hydrogen) atoms. The molecule has 3 fully saturated rings. The van der Waals surface area contributed by atoms with E-state index in [1.54, 1.807) is 0 Å². The van der Waals surface area contributed by atoms with Gasteiger partial charge < -0.3 is 10.2 Å². The van der Waals surface area contributed by atoms with Gasteiger partial charge in [-0.2, -0.15) is 0 Å². The Balaban J connectivity index is 0.000000164. The van der Waals surface area contributed by atoms with Crippen molar-refractivity contribution in [3.05, 3.63) is 251 Å². The molecule has 2 N–H and O–H groups in total. The van der Waals surface area contributed by atoms with Gasteiger partial charge in [0, 0.05) is 82.1 Å². The van der Waals surface area contributed by atoms with Crippen molar-refractivity contribution in [2.75, 3.05) is 19.6 Å². The second-order valence-corrected chi connectivity index (χ2v) is 26.6. The average Bonchev–Trinajstić information content (AvgIpc) is 3.48. The zero-order valence-electron chi connectivity index (χ0n) is 49.7. The lowest BCUT2D eigenvalue weighted by molar-refractivity contribution is -0.125. The van der Waals surface area contributed by atoms with E-state index in [2.05, 4.69) is 283 Å². The van der Waals surface area contributed by atoms with E-state index in [0.717, 1.165) is 65.0 Å². The molecule has 0 radical (unpaired) electrons. The van der Waals surface area contributed by atoms with E-state index < -0.39 is 11.2 Å². The number of carbonyl (C=O) groups excluding carboxylic acids is 1. The van der Waals surface area contributed by atoms with Crippen LogP contribution < -0.4 is 0 Å². The van der Waals surface area contributed by atoms with Gasteiger partial charge in [-0.15, -0.1) is 0 Å². The van der Waals surface area contributed by atoms with E-state index in [4.69, 9.17) is 0 Å². The van der Waals surface area contributed by atoms with Gasteiger partial charge in [0.1, 0.15) is 5.78 Å². The van der Waals surface area contributed by atoms with Crippen molar-refractivity contribution >= 4 is 5.78 Å². The first-order valence-electron chi connectivity index (χ1n) is 29.7. The summed E-state index contributed by atoms with van der Waals surface area (Å²) in [7, 11) is 0. The summed E-state index contributed by atoms with van der Waals surface area (Å²) in [6, 6.07) is 75.1. The number of hydrogen-bond acceptors (Lipinski definition) is 6. The first kappa shape index (κ1) is 60.1. The number of nitrogens with zero attached hydrogens (tertiary/aromatic N) is 3. The number of ketones is 1. The lowest BCUT2D eigenvalue weighted by Gasteiger charge is -2.52. The molecule has 3 aliphatic rings. The fourth-order valence-corrected chi connectivity index (χ4v) is 13.3. The van der Waals surface area contributed by atoms with Crippen LogP contribution in [0.5, 0.6) is 0 Å². The van der Waals surface area contributed by atoms with Crippen molar-refractivity contribution in [2.24, 2.45) is 16.2 Å². The second-order valence-electron chi connectivity index (χ2n) is 26.6. The summed E-state index contributed by atoms with van der Waals surface area (Å²) in [4.78, 5) is 19.3. The highest BCUT2D eigenvalue weighted by Crippen LogP contribution is 2.48. The van der Waals surface area contributed by atoms with Crippen LogP contribution in [-0.2, 0) is 24.4 Å². The van der Waals surface area contributed by atoms with Crippen molar-refractivity contribution in [1.82, 2.24) is 14.7 Å². The third-order valence-corrected chi connectivity index (χ3v) is 17.5. The molecule has 3 saturated heterocycles. The van der Waals surface area contributed by atoms with Gasteiger partial charge >= 0.3 is 0 Å². The number of piperidine rings is 3. The molecule has 3 heterocycles. The van der Waals surface area contributed by atoms with Gasteiger partial charge in [0.2, 0.25) is 0 Å². The van der Waals surface area contributed by atoms with Gasteiger partial charge in [0.05, 0.1) is 11.2 Å². The topological polar surface area (TPSA) is 67.2 Å². The molecule has 6 heteroatoms. The molecule has 0 saturated carbocycles. The second kappa shape index (κ2) is 26.7. The monoisotopic (exact) mass is 1070 g/mol. The summed E-state index contributed by atoms with van der Waals surface area (Å²) < 4.78 is 0. The molecule has 0 amide bonds. The Morgan fingerprint density at radius 3 is 0.900 bits per heavy atom. The van der Waals surface area contributed by atoms with Crippen LogP contribution in [0.2, 0.25) is 0 Å². The normalized spacial score (nSPS) is 22.5. The minimum atomic E-state index is -0.784. The van der Waals surface area contributed by atoms with Crippen molar-refractivity contribution in [3.8, 4) is 0 Å². The van der Waals surface area contributed by atoms with Gasteiger partial charge in [-0.3, -0.25) is 19.5 Å². The molecule has 0 aromatic heterocycles. The van der Waals surface area contributed by atoms with E-state index in [1.165, 1.54) is 38.9 Å². The van der Waals surface area contributed by atoms with E-state index in [0.29, 0.717) is 36.8 Å². The molecule has 0 aliphatic carbocycles. The van der Waals surface area contributed by atoms with Crippen molar-refractivity contribution in [1.29, 1.82) is 0 Å². The number of likely N-dealkylation sites (tertiary alicyclic amines) is 3. The van der Waals surface area contributed by atoms with Gasteiger partial charge in [-0.05, 0) is 80.9 Å². The van der Waals surface area contributed by atoms with Gasteiger partial charge in [0.25, 0.3) is 0 Å². The third-order valence-electron chi connectivity index (χ3n) is 17.5. The maximum atomic E-state index is 12.2. The molecule has 0 spiro atoms. The Labute approximate surface area is 481 Å². The van der Waals surface area contributed by atoms with Gasteiger partial charge in [0.15, 0.2) is 0 Å². The lowest BCUT2D eigenvalue weighted by Crippen LogP contribution is -2.56. The standard InChI is InChI=1S/2C29H35NO.C16H23NO/c2*1-28(2,3)26-21-29(31,19-20-30(26)22-23-13-7-4-8-14-23)27(24-15-9-5-10-16-24)25-17-11-6-12-18-25;1-16(2,3)15-11-14(18)9-10-17(15)12-13-7-5-4-6-8-13/h2*4-18,26-27,31H,19-22H2,1-3H3;4-8,15H,9-12H2,1-3H3. The maximum Gasteiger partial charge on any atom is 0.135 e. The number of benzene rings is 7. The maximum absolute atomic E-state index is 12.2. The van der Waals surface area contributed by atoms with Crippen LogP contribution in [0.3, 0.4) is 0 Å². The zero-order chi connectivity index (χ0) is 57.0. The molecular formula is C74H93N3O3. The quantitative estimate of drug-likeness (QED) is 0.127. The SMILES string of the molecule is CC(C)(C)C1CC(=O)CCN1Cc1ccccc1.CC(C)(C)C1CC(O)(C(c2ccccc2)c2ccccc2)CCN1Cc1ccccc1.CC(C)(C)C1CC(O)(C(c2ccccc2)c2ccccc2)CCN1Cc1ccccc1. The smallest absolute Gasteiger partial charge is 0.135 e. The fraction of sp³-hybridized carbons (Fsp3) is 0.419. The summed E-state index contributed by atoms with van der Waals surface area (Å²) in [5.74, 6) is 0.358. The average molecular weight is 1070 g/mol. The van der Waals surface area contributed by atoms with Gasteiger partial charge in [-0.25, -0.2) is 0 Å². The van der Waals surface area contributed by atoms with Crippen LogP contribution in [0, 0.1) is 16.2 Å². The molecule has 10 rings (SSSR count). The Bertz CT molecular complexity index is 2680. The van der Waals surface area contributed by atoms with E-state index in [1.807, 2.05) is 6.07 Å². The first-order valence-corrected chi connectivity index (χ1v) is 29.7. The Morgan fingerprint density at radius 1 is 0.388 bits per heavy atom. The molecule has 0 bridgehead atoms. The van der Waals surface area contributed by atoms with Crippen LogP contribution in [0.25, 0.3) is 0 Å². The first-order chi connectivity index (χ1) is 38.2. The minimum Gasteiger partial charge on any atom is -0.389 e. The number of rotatable bonds is 12. The molecule has 3 aliphatic heterocycles. The molecule has 7 aromatic rings. The number of aliphatic hydroxyl groups is 2. The Morgan fingerprint density at radius 2 is 0.637 bits per heavy atom. The summed E-state index contributed by atoms with van der Waals surface area (Å²) >= 11 is 0. The minimum absolute atomic E-state index is 0.0291. The molecule has 7 aromatic carbocycles. The highest BCUT2D eigenvalue weighted by Gasteiger charge is 2.49. The van der Waals surface area contributed by atoms with Gasteiger partial charge in [-0.1, -0.05) is 275 Å². The predicted octanol–water partition coefficient (Wildman–Crippen LogP) is 15.8. The summed E-state index contributed by atoms with van der Waals surface area (Å²) in [6.45, 7) is 26.0. The largest absolute Gasteiger partial charge is 0.389 e. The van der Waals surface area contributed by atoms with E-state index in [-0.39, 0.29) is 28.1 Å². The molecule has 5 atom stereocenters. The summed E-state index contributed by atoms with van der Waals surface area (Å²) in [5, 5.41) is 24.5. The summed E-state index contributed by atoms with van der Waals surface area (Å²) in [5.41, 5.74) is 7.52. The number of carbonyl (C=O) groups is 1. The molecule has 5 unspecified atom stereocenters.